The van der Waals surface area contributed by atoms with Crippen molar-refractivity contribution in [1.29, 1.82) is 0 Å². The minimum atomic E-state index is -0.477. The number of aromatic amines is 1. The maximum atomic E-state index is 10.6. The molecule has 56 valence electrons. The van der Waals surface area contributed by atoms with Crippen LogP contribution in [0.4, 0.5) is 0 Å². The van der Waals surface area contributed by atoms with Crippen molar-refractivity contribution in [3.8, 4) is 0 Å². The van der Waals surface area contributed by atoms with Crippen molar-refractivity contribution < 1.29 is 4.79 Å². The van der Waals surface area contributed by atoms with Crippen LogP contribution in [0.2, 0.25) is 0 Å². The minimum absolute atomic E-state index is 0.404. The number of hydrogen-bond acceptors (Lipinski definition) is 3. The second-order valence-corrected chi connectivity index (χ2v) is 3.25. The summed E-state index contributed by atoms with van der Waals surface area (Å²) in [7, 11) is 0. The van der Waals surface area contributed by atoms with Crippen LogP contribution >= 0.6 is 22.9 Å². The molecule has 0 amide bonds. The van der Waals surface area contributed by atoms with Crippen LogP contribution in [-0.4, -0.2) is 15.2 Å². The molecule has 0 radical (unpaired) electrons. The summed E-state index contributed by atoms with van der Waals surface area (Å²) in [5.74, 6) is 0. The fourth-order valence-electron chi connectivity index (χ4n) is 0.852. The van der Waals surface area contributed by atoms with Crippen molar-refractivity contribution >= 4 is 38.5 Å². The number of carbonyl (C=O) groups is 1. The Kier molecular flexibility index (Phi) is 1.44. The molecule has 0 saturated heterocycles. The number of H-pyrrole nitrogens is 1. The summed E-state index contributed by atoms with van der Waals surface area (Å²) in [4.78, 5) is 17.4. The molecule has 1 N–H and O–H groups in total. The van der Waals surface area contributed by atoms with Gasteiger partial charge in [0.25, 0.3) is 5.24 Å². The molecule has 2 aromatic heterocycles. The molecule has 0 saturated carbocycles. The van der Waals surface area contributed by atoms with Gasteiger partial charge < -0.3 is 4.98 Å². The van der Waals surface area contributed by atoms with E-state index in [0.717, 1.165) is 10.3 Å². The number of halogens is 1. The predicted octanol–water partition coefficient (Wildman–Crippen LogP) is 2.00. The zero-order chi connectivity index (χ0) is 7.84. The van der Waals surface area contributed by atoms with Crippen LogP contribution < -0.4 is 0 Å². The highest BCUT2D eigenvalue weighted by atomic mass is 35.5. The molecular weight excluding hydrogens is 184 g/mol. The van der Waals surface area contributed by atoms with E-state index in [2.05, 4.69) is 9.97 Å². The first-order valence-corrected chi connectivity index (χ1v) is 4.15. The number of carbonyl (C=O) groups excluding carboxylic acids is 1. The van der Waals surface area contributed by atoms with Crippen LogP contribution in [0.5, 0.6) is 0 Å². The van der Waals surface area contributed by atoms with E-state index in [4.69, 9.17) is 11.6 Å². The van der Waals surface area contributed by atoms with Crippen molar-refractivity contribution in [2.75, 3.05) is 0 Å². The van der Waals surface area contributed by atoms with E-state index in [-0.39, 0.29) is 0 Å². The zero-order valence-electron chi connectivity index (χ0n) is 5.30. The molecule has 0 atom stereocenters. The van der Waals surface area contributed by atoms with Crippen LogP contribution in [0.3, 0.4) is 0 Å². The zero-order valence-corrected chi connectivity index (χ0v) is 6.87. The Morgan fingerprint density at radius 3 is 3.18 bits per heavy atom. The third kappa shape index (κ3) is 1.04. The highest BCUT2D eigenvalue weighted by Gasteiger charge is 2.07. The van der Waals surface area contributed by atoms with Gasteiger partial charge in [0.05, 0.1) is 10.2 Å². The lowest BCUT2D eigenvalue weighted by Crippen LogP contribution is -1.86. The summed E-state index contributed by atoms with van der Waals surface area (Å²) in [5, 5.41) is -0.477. The highest BCUT2D eigenvalue weighted by Crippen LogP contribution is 2.18. The second-order valence-electron chi connectivity index (χ2n) is 2.02. The summed E-state index contributed by atoms with van der Waals surface area (Å²) in [6.07, 6.45) is 0. The maximum absolute atomic E-state index is 10.6. The molecule has 0 fully saturated rings. The highest BCUT2D eigenvalue weighted by molar-refractivity contribution is 7.16. The fraction of sp³-hybridized carbons (Fsp3) is 0. The first-order chi connectivity index (χ1) is 5.27. The molecule has 2 rings (SSSR count). The molecule has 5 heteroatoms. The molecule has 0 aliphatic carbocycles. The van der Waals surface area contributed by atoms with Gasteiger partial charge in [0.15, 0.2) is 0 Å². The Balaban J connectivity index is 2.67. The Bertz CT molecular complexity index is 377. The number of nitrogens with zero attached hydrogens (tertiary/aromatic N) is 1. The lowest BCUT2D eigenvalue weighted by Gasteiger charge is -1.80. The van der Waals surface area contributed by atoms with Gasteiger partial charge in [0.2, 0.25) is 0 Å². The van der Waals surface area contributed by atoms with E-state index < -0.39 is 5.24 Å². The summed E-state index contributed by atoms with van der Waals surface area (Å²) >= 11 is 6.71. The van der Waals surface area contributed by atoms with E-state index >= 15 is 0 Å². The number of hydrogen-bond donors (Lipinski definition) is 1. The topological polar surface area (TPSA) is 45.8 Å². The van der Waals surface area contributed by atoms with Crippen LogP contribution in [-0.2, 0) is 0 Å². The Labute approximate surface area is 71.0 Å². The van der Waals surface area contributed by atoms with Crippen molar-refractivity contribution in [2.45, 2.75) is 0 Å². The van der Waals surface area contributed by atoms with Gasteiger partial charge in [-0.05, 0) is 17.7 Å². The van der Waals surface area contributed by atoms with E-state index in [1.165, 1.54) is 11.3 Å². The third-order valence-corrected chi connectivity index (χ3v) is 2.31. The van der Waals surface area contributed by atoms with Crippen molar-refractivity contribution in [3.05, 3.63) is 17.3 Å². The standard InChI is InChI=1S/C6H3ClN2OS/c7-5(10)3-1-4-6(9-3)8-2-11-4/h1-2,9H. The van der Waals surface area contributed by atoms with Gasteiger partial charge in [-0.3, -0.25) is 4.79 Å². The third-order valence-electron chi connectivity index (χ3n) is 1.34. The van der Waals surface area contributed by atoms with Gasteiger partial charge in [0, 0.05) is 0 Å². The molecule has 0 aromatic carbocycles. The van der Waals surface area contributed by atoms with Gasteiger partial charge >= 0.3 is 0 Å². The van der Waals surface area contributed by atoms with Gasteiger partial charge in [-0.15, -0.1) is 11.3 Å². The minimum Gasteiger partial charge on any atom is -0.335 e. The fourth-order valence-corrected chi connectivity index (χ4v) is 1.63. The number of nitrogens with one attached hydrogen (secondary N) is 1. The molecule has 11 heavy (non-hydrogen) atoms. The lowest BCUT2D eigenvalue weighted by molar-refractivity contribution is 0.107. The van der Waals surface area contributed by atoms with Gasteiger partial charge in [0.1, 0.15) is 11.3 Å². The lowest BCUT2D eigenvalue weighted by atomic mass is 10.5. The Morgan fingerprint density at radius 1 is 1.73 bits per heavy atom. The number of aromatic nitrogens is 2. The van der Waals surface area contributed by atoms with Crippen molar-refractivity contribution in [2.24, 2.45) is 0 Å². The van der Waals surface area contributed by atoms with Gasteiger partial charge in [-0.25, -0.2) is 4.98 Å². The summed E-state index contributed by atoms with van der Waals surface area (Å²) < 4.78 is 0.953. The van der Waals surface area contributed by atoms with E-state index in [9.17, 15) is 4.79 Å². The Morgan fingerprint density at radius 2 is 2.55 bits per heavy atom. The van der Waals surface area contributed by atoms with E-state index in [1.807, 2.05) is 0 Å². The number of fused-ring (bicyclic) bond motifs is 1. The van der Waals surface area contributed by atoms with E-state index in [1.54, 1.807) is 11.6 Å². The van der Waals surface area contributed by atoms with Crippen LogP contribution in [0.25, 0.3) is 10.3 Å². The summed E-state index contributed by atoms with van der Waals surface area (Å²) in [6.45, 7) is 0. The molecular formula is C6H3ClN2OS. The first-order valence-electron chi connectivity index (χ1n) is 2.89. The smallest absolute Gasteiger partial charge is 0.268 e. The quantitative estimate of drug-likeness (QED) is 0.693. The van der Waals surface area contributed by atoms with Crippen LogP contribution in [0.1, 0.15) is 10.5 Å². The average Bonchev–Trinajstić information content (AvgIpc) is 2.40. The predicted molar refractivity (Wildman–Crippen MR) is 44.2 cm³/mol. The molecule has 2 heterocycles. The molecule has 0 bridgehead atoms. The van der Waals surface area contributed by atoms with Crippen molar-refractivity contribution in [3.63, 3.8) is 0 Å². The summed E-state index contributed by atoms with van der Waals surface area (Å²) in [6, 6.07) is 1.70. The molecule has 0 spiro atoms. The monoisotopic (exact) mass is 186 g/mol. The van der Waals surface area contributed by atoms with Gasteiger partial charge in [-0.1, -0.05) is 0 Å². The average molecular weight is 187 g/mol. The van der Waals surface area contributed by atoms with Gasteiger partial charge in [-0.2, -0.15) is 0 Å². The number of rotatable bonds is 1. The molecule has 0 unspecified atom stereocenters. The van der Waals surface area contributed by atoms with E-state index in [0.29, 0.717) is 5.69 Å². The Hall–Kier alpha value is -0.870. The molecule has 0 aliphatic heterocycles. The van der Waals surface area contributed by atoms with Crippen LogP contribution in [0.15, 0.2) is 11.6 Å². The first kappa shape index (κ1) is 6.82. The molecule has 2 aromatic rings. The second kappa shape index (κ2) is 2.32. The SMILES string of the molecule is O=C(Cl)c1cc2scnc2[nH]1. The number of thiazole rings is 1. The summed E-state index contributed by atoms with van der Waals surface area (Å²) in [5.41, 5.74) is 2.84. The molecule has 0 aliphatic rings. The van der Waals surface area contributed by atoms with Crippen LogP contribution in [0, 0.1) is 0 Å². The maximum Gasteiger partial charge on any atom is 0.268 e. The van der Waals surface area contributed by atoms with Crippen molar-refractivity contribution in [1.82, 2.24) is 9.97 Å². The largest absolute Gasteiger partial charge is 0.335 e. The normalized spacial score (nSPS) is 10.6. The molecule has 3 nitrogen and oxygen atoms in total.